The average Bonchev–Trinajstić information content (AvgIpc) is 2.36. The lowest BCUT2D eigenvalue weighted by Crippen LogP contribution is -2.29. The van der Waals surface area contributed by atoms with Crippen LogP contribution in [0.5, 0.6) is 0 Å². The normalized spacial score (nSPS) is 13.1. The van der Waals surface area contributed by atoms with Gasteiger partial charge in [-0.15, -0.1) is 0 Å². The number of rotatable bonds is 7. The summed E-state index contributed by atoms with van der Waals surface area (Å²) in [7, 11) is -3.72. The van der Waals surface area contributed by atoms with Gasteiger partial charge in [0.2, 0.25) is 10.0 Å². The number of hydrogen-bond acceptors (Lipinski definition) is 5. The molecule has 0 fully saturated rings. The van der Waals surface area contributed by atoms with E-state index in [1.54, 1.807) is 11.8 Å². The van der Waals surface area contributed by atoms with Crippen molar-refractivity contribution in [3.05, 3.63) is 23.8 Å². The van der Waals surface area contributed by atoms with Crippen LogP contribution in [0.1, 0.15) is 17.3 Å². The molecule has 1 aromatic rings. The van der Waals surface area contributed by atoms with Gasteiger partial charge in [-0.2, -0.15) is 11.8 Å². The van der Waals surface area contributed by atoms with Crippen molar-refractivity contribution in [3.8, 4) is 0 Å². The van der Waals surface area contributed by atoms with Crippen LogP contribution in [0.2, 0.25) is 0 Å². The van der Waals surface area contributed by atoms with Gasteiger partial charge >= 0.3 is 5.97 Å². The molecule has 0 saturated heterocycles. The second-order valence-electron chi connectivity index (χ2n) is 4.47. The van der Waals surface area contributed by atoms with Gasteiger partial charge in [-0.25, -0.2) is 17.9 Å². The van der Waals surface area contributed by atoms with Crippen LogP contribution in [0, 0.1) is 5.92 Å². The monoisotopic (exact) mass is 318 g/mol. The van der Waals surface area contributed by atoms with Crippen molar-refractivity contribution in [2.24, 2.45) is 5.92 Å². The number of benzene rings is 1. The summed E-state index contributed by atoms with van der Waals surface area (Å²) in [4.78, 5) is 10.7. The Morgan fingerprint density at radius 1 is 1.50 bits per heavy atom. The molecule has 0 bridgehead atoms. The molecule has 0 aromatic heterocycles. The number of hydrogen-bond donors (Lipinski definition) is 3. The number of thioether (sulfide) groups is 1. The molecule has 1 atom stereocenters. The molecule has 0 spiro atoms. The second-order valence-corrected chi connectivity index (χ2v) is 7.12. The van der Waals surface area contributed by atoms with E-state index in [4.69, 9.17) is 10.8 Å². The zero-order valence-electron chi connectivity index (χ0n) is 11.3. The number of aromatic carboxylic acids is 1. The highest BCUT2D eigenvalue weighted by Crippen LogP contribution is 2.20. The van der Waals surface area contributed by atoms with Crippen LogP contribution in [0.3, 0.4) is 0 Å². The van der Waals surface area contributed by atoms with Crippen molar-refractivity contribution < 1.29 is 18.3 Å². The fourth-order valence-corrected chi connectivity index (χ4v) is 3.56. The van der Waals surface area contributed by atoms with E-state index in [1.807, 2.05) is 13.2 Å². The minimum absolute atomic E-state index is 0.0443. The number of carboxylic acids is 1. The van der Waals surface area contributed by atoms with E-state index in [1.165, 1.54) is 12.1 Å². The average molecular weight is 318 g/mol. The lowest BCUT2D eigenvalue weighted by atomic mass is 10.2. The molecule has 1 aromatic carbocycles. The predicted octanol–water partition coefficient (Wildman–Crippen LogP) is 1.24. The third-order valence-electron chi connectivity index (χ3n) is 2.62. The number of nitrogen functional groups attached to an aromatic ring is 1. The van der Waals surface area contributed by atoms with Crippen molar-refractivity contribution in [3.63, 3.8) is 0 Å². The molecule has 1 unspecified atom stereocenters. The summed E-state index contributed by atoms with van der Waals surface area (Å²) >= 11 is 1.64. The van der Waals surface area contributed by atoms with Crippen LogP contribution in [0.15, 0.2) is 23.1 Å². The number of carboxylic acid groups (broad SMARTS) is 1. The van der Waals surface area contributed by atoms with Gasteiger partial charge < -0.3 is 10.8 Å². The Kier molecular flexibility index (Phi) is 5.85. The van der Waals surface area contributed by atoms with Gasteiger partial charge in [0.1, 0.15) is 4.90 Å². The number of sulfonamides is 1. The van der Waals surface area contributed by atoms with Gasteiger partial charge in [0.25, 0.3) is 0 Å². The lowest BCUT2D eigenvalue weighted by Gasteiger charge is -2.13. The minimum Gasteiger partial charge on any atom is -0.478 e. The smallest absolute Gasteiger partial charge is 0.335 e. The highest BCUT2D eigenvalue weighted by molar-refractivity contribution is 7.98. The summed E-state index contributed by atoms with van der Waals surface area (Å²) in [5.74, 6) is -0.114. The van der Waals surface area contributed by atoms with Crippen LogP contribution in [0.4, 0.5) is 5.69 Å². The van der Waals surface area contributed by atoms with Crippen LogP contribution in [-0.2, 0) is 10.0 Å². The van der Waals surface area contributed by atoms with E-state index in [9.17, 15) is 13.2 Å². The first-order valence-electron chi connectivity index (χ1n) is 5.89. The molecule has 0 heterocycles. The first-order chi connectivity index (χ1) is 9.27. The van der Waals surface area contributed by atoms with Crippen molar-refractivity contribution in [2.45, 2.75) is 11.8 Å². The van der Waals surface area contributed by atoms with Gasteiger partial charge in [-0.05, 0) is 36.1 Å². The Balaban J connectivity index is 2.90. The van der Waals surface area contributed by atoms with Crippen LogP contribution >= 0.6 is 11.8 Å². The van der Waals surface area contributed by atoms with Gasteiger partial charge in [-0.3, -0.25) is 0 Å². The summed E-state index contributed by atoms with van der Waals surface area (Å²) in [6.45, 7) is 2.25. The molecule has 0 amide bonds. The molecule has 6 nitrogen and oxygen atoms in total. The maximum atomic E-state index is 12.1. The van der Waals surface area contributed by atoms with Crippen LogP contribution < -0.4 is 10.5 Å². The molecule has 112 valence electrons. The Hall–Kier alpha value is -1.25. The van der Waals surface area contributed by atoms with E-state index >= 15 is 0 Å². The maximum Gasteiger partial charge on any atom is 0.335 e. The zero-order chi connectivity index (χ0) is 15.3. The summed E-state index contributed by atoms with van der Waals surface area (Å²) in [6.07, 6.45) is 1.95. The third kappa shape index (κ3) is 4.39. The van der Waals surface area contributed by atoms with E-state index in [-0.39, 0.29) is 22.1 Å². The summed E-state index contributed by atoms with van der Waals surface area (Å²) in [6, 6.07) is 3.57. The van der Waals surface area contributed by atoms with Crippen molar-refractivity contribution in [1.82, 2.24) is 4.72 Å². The van der Waals surface area contributed by atoms with E-state index < -0.39 is 16.0 Å². The SMILES string of the molecule is CSCC(C)CNS(=O)(=O)c1ccc(C(=O)O)cc1N. The maximum absolute atomic E-state index is 12.1. The third-order valence-corrected chi connectivity index (χ3v) is 5.02. The molecule has 0 saturated carbocycles. The van der Waals surface area contributed by atoms with Crippen molar-refractivity contribution in [2.75, 3.05) is 24.3 Å². The summed E-state index contributed by atoms with van der Waals surface area (Å²) in [5.41, 5.74) is 5.51. The van der Waals surface area contributed by atoms with Gasteiger partial charge in [0, 0.05) is 6.54 Å². The molecule has 20 heavy (non-hydrogen) atoms. The van der Waals surface area contributed by atoms with Crippen LogP contribution in [0.25, 0.3) is 0 Å². The van der Waals surface area contributed by atoms with Gasteiger partial charge in [0.15, 0.2) is 0 Å². The topological polar surface area (TPSA) is 109 Å². The molecule has 4 N–H and O–H groups in total. The first-order valence-corrected chi connectivity index (χ1v) is 8.77. The Bertz CT molecular complexity index is 587. The van der Waals surface area contributed by atoms with Crippen molar-refractivity contribution >= 4 is 33.4 Å². The van der Waals surface area contributed by atoms with E-state index in [0.717, 1.165) is 11.8 Å². The fraction of sp³-hybridized carbons (Fsp3) is 0.417. The summed E-state index contributed by atoms with van der Waals surface area (Å²) < 4.78 is 26.7. The molecule has 0 radical (unpaired) electrons. The number of nitrogens with two attached hydrogens (primary N) is 1. The highest BCUT2D eigenvalue weighted by atomic mass is 32.2. The Morgan fingerprint density at radius 2 is 2.15 bits per heavy atom. The molecule has 0 aliphatic carbocycles. The minimum atomic E-state index is -3.72. The molecular formula is C12H18N2O4S2. The molecule has 8 heteroatoms. The molecule has 1 rings (SSSR count). The number of nitrogens with one attached hydrogen (secondary N) is 1. The standard InChI is InChI=1S/C12H18N2O4S2/c1-8(7-19-2)6-14-20(17,18)11-4-3-9(12(15)16)5-10(11)13/h3-5,8,14H,6-7,13H2,1-2H3,(H,15,16). The zero-order valence-corrected chi connectivity index (χ0v) is 12.9. The van der Waals surface area contributed by atoms with E-state index in [2.05, 4.69) is 4.72 Å². The molecular weight excluding hydrogens is 300 g/mol. The fourth-order valence-electron chi connectivity index (χ4n) is 1.60. The molecule has 0 aliphatic heterocycles. The second kappa shape index (κ2) is 6.96. The van der Waals surface area contributed by atoms with Crippen LogP contribution in [-0.4, -0.2) is 38.0 Å². The first kappa shape index (κ1) is 16.8. The Labute approximate surface area is 122 Å². The Morgan fingerprint density at radius 3 is 2.65 bits per heavy atom. The van der Waals surface area contributed by atoms with Gasteiger partial charge in [-0.1, -0.05) is 6.92 Å². The van der Waals surface area contributed by atoms with Gasteiger partial charge in [0.05, 0.1) is 11.3 Å². The predicted molar refractivity (Wildman–Crippen MR) is 80.5 cm³/mol. The number of carbonyl (C=O) groups is 1. The largest absolute Gasteiger partial charge is 0.478 e. The van der Waals surface area contributed by atoms with E-state index in [0.29, 0.717) is 6.54 Å². The lowest BCUT2D eigenvalue weighted by molar-refractivity contribution is 0.0697. The van der Waals surface area contributed by atoms with Crippen molar-refractivity contribution in [1.29, 1.82) is 0 Å². The quantitative estimate of drug-likeness (QED) is 0.653. The highest BCUT2D eigenvalue weighted by Gasteiger charge is 2.19. The molecule has 0 aliphatic rings. The number of anilines is 1. The summed E-state index contributed by atoms with van der Waals surface area (Å²) in [5, 5.41) is 8.82.